The highest BCUT2D eigenvalue weighted by atomic mass is 79.9. The molecule has 0 radical (unpaired) electrons. The molecule has 2 unspecified atom stereocenters. The third-order valence-electron chi connectivity index (χ3n) is 14.3. The summed E-state index contributed by atoms with van der Waals surface area (Å²) in [4.78, 5) is 45.8. The number of pyridine rings is 2. The lowest BCUT2D eigenvalue weighted by Crippen LogP contribution is -2.33. The molecule has 0 saturated carbocycles. The van der Waals surface area contributed by atoms with Crippen molar-refractivity contribution < 1.29 is 38.3 Å². The number of nitro groups is 2. The van der Waals surface area contributed by atoms with Crippen molar-refractivity contribution in [2.75, 3.05) is 53.5 Å². The van der Waals surface area contributed by atoms with Crippen molar-refractivity contribution in [1.82, 2.24) is 29.7 Å². The second-order valence-electron chi connectivity index (χ2n) is 22.4. The van der Waals surface area contributed by atoms with Gasteiger partial charge in [-0.3, -0.25) is 0 Å². The lowest BCUT2D eigenvalue weighted by molar-refractivity contribution is -0.390. The first-order chi connectivity index (χ1) is 40.3. The number of hydrogen-bond donors (Lipinski definition) is 0. The van der Waals surface area contributed by atoms with E-state index in [0.717, 1.165) is 121 Å². The van der Waals surface area contributed by atoms with Gasteiger partial charge in [0.25, 0.3) is 0 Å². The maximum Gasteiger partial charge on any atom is 0.406 e. The summed E-state index contributed by atoms with van der Waals surface area (Å²) in [6.45, 7) is 16.2. The monoisotopic (exact) mass is 1250 g/mol. The maximum atomic E-state index is 11.7. The largest absolute Gasteiger partial charge is 0.481 e. The van der Waals surface area contributed by atoms with Crippen LogP contribution >= 0.6 is 38.6 Å². The number of aromatic nitrogens is 4. The summed E-state index contributed by atoms with van der Waals surface area (Å²) in [6, 6.07) is 18.4. The van der Waals surface area contributed by atoms with Crippen LogP contribution in [0.15, 0.2) is 89.9 Å². The molecule has 0 aliphatic carbocycles. The predicted octanol–water partition coefficient (Wildman–Crippen LogP) is 13.4. The van der Waals surface area contributed by atoms with E-state index in [1.807, 2.05) is 100.0 Å². The van der Waals surface area contributed by atoms with Gasteiger partial charge >= 0.3 is 11.6 Å². The Labute approximate surface area is 509 Å². The SMILES string of the molecule is CC(C)(C#Cc1cccc(COc2cc(Br)cnc2[N+](=O)[O-])c1)OC1CCCCO1.CN1CCC(c2ncc(-c3cnc([N+](=O)[O-])c(OCc4cccc(C#CC(C)(C)OC5CCCCO5)c4)c3)s2)CC1.Cc1cnc(C2CCN(C)CC2)s1. The van der Waals surface area contributed by atoms with E-state index in [-0.39, 0.29) is 48.9 Å². The Morgan fingerprint density at radius 1 is 0.631 bits per heavy atom. The number of halogens is 1. The summed E-state index contributed by atoms with van der Waals surface area (Å²) in [7, 11) is 4.34. The van der Waals surface area contributed by atoms with Crippen LogP contribution in [0.1, 0.15) is 141 Å². The Morgan fingerprint density at radius 2 is 1.11 bits per heavy atom. The zero-order valence-electron chi connectivity index (χ0n) is 49.0. The smallest absolute Gasteiger partial charge is 0.406 e. The fraction of sp³-hybridized carbons (Fsp3) is 0.492. The molecule has 6 aromatic rings. The minimum absolute atomic E-state index is 0.105. The Hall–Kier alpha value is -6.24. The van der Waals surface area contributed by atoms with Crippen LogP contribution in [0.4, 0.5) is 11.6 Å². The van der Waals surface area contributed by atoms with Crippen LogP contribution in [0.2, 0.25) is 0 Å². The van der Waals surface area contributed by atoms with Crippen molar-refractivity contribution in [2.24, 2.45) is 0 Å². The van der Waals surface area contributed by atoms with E-state index in [1.165, 1.54) is 54.3 Å². The zero-order chi connectivity index (χ0) is 59.6. The molecule has 0 spiro atoms. The number of hydrogen-bond acceptors (Lipinski definition) is 18. The molecule has 18 nitrogen and oxygen atoms in total. The summed E-state index contributed by atoms with van der Waals surface area (Å²) in [5.74, 6) is 13.5. The molecular weight excluding hydrogens is 1170 g/mol. The van der Waals surface area contributed by atoms with Crippen molar-refractivity contribution in [3.8, 4) is 45.6 Å². The molecule has 4 aromatic heterocycles. The van der Waals surface area contributed by atoms with E-state index < -0.39 is 21.0 Å². The van der Waals surface area contributed by atoms with Gasteiger partial charge < -0.3 is 58.4 Å². The quantitative estimate of drug-likeness (QED) is 0.0533. The van der Waals surface area contributed by atoms with Crippen LogP contribution in [0.25, 0.3) is 10.4 Å². The molecule has 4 saturated heterocycles. The Morgan fingerprint density at radius 3 is 1.57 bits per heavy atom. The Balaban J connectivity index is 0.000000186. The molecule has 4 aliphatic rings. The van der Waals surface area contributed by atoms with Crippen LogP contribution in [0.5, 0.6) is 11.5 Å². The highest BCUT2D eigenvalue weighted by Gasteiger charge is 2.28. The van der Waals surface area contributed by atoms with E-state index in [0.29, 0.717) is 10.4 Å². The molecular formula is C63H75BrN8O10S2. The topological polar surface area (TPSA) is 200 Å². The van der Waals surface area contributed by atoms with Crippen molar-refractivity contribution >= 4 is 50.2 Å². The maximum absolute atomic E-state index is 11.7. The van der Waals surface area contributed by atoms with Crippen LogP contribution in [0.3, 0.4) is 0 Å². The molecule has 0 amide bonds. The van der Waals surface area contributed by atoms with Crippen LogP contribution < -0.4 is 9.47 Å². The fourth-order valence-corrected chi connectivity index (χ4v) is 12.0. The third kappa shape index (κ3) is 19.9. The highest BCUT2D eigenvalue weighted by molar-refractivity contribution is 9.10. The number of benzene rings is 2. The number of thiazole rings is 2. The number of nitrogens with zero attached hydrogens (tertiary/aromatic N) is 8. The fourth-order valence-electron chi connectivity index (χ4n) is 9.72. The zero-order valence-corrected chi connectivity index (χ0v) is 52.2. The summed E-state index contributed by atoms with van der Waals surface area (Å²) >= 11 is 6.74. The highest BCUT2D eigenvalue weighted by Crippen LogP contribution is 2.38. The van der Waals surface area contributed by atoms with E-state index in [1.54, 1.807) is 17.4 Å². The van der Waals surface area contributed by atoms with Gasteiger partial charge in [-0.05, 0) is 210 Å². The van der Waals surface area contributed by atoms with Gasteiger partial charge in [-0.1, -0.05) is 47.9 Å². The van der Waals surface area contributed by atoms with Crippen molar-refractivity contribution in [2.45, 2.75) is 148 Å². The van der Waals surface area contributed by atoms with E-state index in [9.17, 15) is 20.2 Å². The molecule has 10 rings (SSSR count). The number of aryl methyl sites for hydroxylation is 1. The van der Waals surface area contributed by atoms with Crippen LogP contribution in [-0.4, -0.2) is 117 Å². The normalized spacial score (nSPS) is 18.1. The van der Waals surface area contributed by atoms with Gasteiger partial charge in [-0.25, -0.2) is 9.97 Å². The van der Waals surface area contributed by atoms with Gasteiger partial charge in [-0.2, -0.15) is 0 Å². The number of piperidine rings is 2. The lowest BCUT2D eigenvalue weighted by atomic mass is 9.98. The Bertz CT molecular complexity index is 3270. The minimum atomic E-state index is -0.662. The average Bonchev–Trinajstić information content (AvgIpc) is 4.30. The second-order valence-corrected chi connectivity index (χ2v) is 25.6. The van der Waals surface area contributed by atoms with Crippen LogP contribution in [-0.2, 0) is 32.2 Å². The van der Waals surface area contributed by atoms with Gasteiger partial charge in [0.2, 0.25) is 11.5 Å². The molecule has 4 aliphatic heterocycles. The molecule has 21 heteroatoms. The molecule has 4 fully saturated rings. The van der Waals surface area contributed by atoms with Gasteiger partial charge in [-0.15, -0.1) is 22.7 Å². The molecule has 2 atom stereocenters. The number of rotatable bonds is 15. The summed E-state index contributed by atoms with van der Waals surface area (Å²) in [6.07, 6.45) is 17.1. The molecule has 446 valence electrons. The average molecular weight is 1250 g/mol. The summed E-state index contributed by atoms with van der Waals surface area (Å²) < 4.78 is 35.6. The second kappa shape index (κ2) is 30.7. The first kappa shape index (κ1) is 63.8. The van der Waals surface area contributed by atoms with Gasteiger partial charge in [0.1, 0.15) is 30.6 Å². The van der Waals surface area contributed by atoms with Crippen molar-refractivity contribution in [3.05, 3.63) is 147 Å². The standard InChI is InChI=1S/C31H36N4O5S.C22H23BrN2O5.C10H16N2S/c1-31(2,40-28-9-4-5-16-38-28)13-10-22-7-6-8-23(17-22)21-39-26-18-25(19-32-29(26)35(36)37)27-20-33-30(41-27)24-11-14-34(3)15-12-24;1-22(2,30-20-8-3-4-11-28-20)10-9-16-6-5-7-17(12-16)15-29-19-13-18(23)14-24-21(19)25(26)27;1-8-7-11-10(13-8)9-3-5-12(2)6-4-9/h6-8,17-20,24,28H,4-5,9,11-12,14-16,21H2,1-3H3;5-7,12-14,20H,3-4,8,11,15H2,1-2H3;7,9H,3-6H2,1-2H3. The van der Waals surface area contributed by atoms with E-state index >= 15 is 0 Å². The first-order valence-electron chi connectivity index (χ1n) is 28.6. The predicted molar refractivity (Wildman–Crippen MR) is 329 cm³/mol. The van der Waals surface area contributed by atoms with Gasteiger partial charge in [0.05, 0.1) is 19.4 Å². The molecule has 0 bridgehead atoms. The molecule has 0 N–H and O–H groups in total. The third-order valence-corrected chi connectivity index (χ3v) is 17.1. The number of likely N-dealkylation sites (tertiary alicyclic amines) is 2. The molecule has 2 aromatic carbocycles. The first-order valence-corrected chi connectivity index (χ1v) is 31.0. The van der Waals surface area contributed by atoms with E-state index in [4.69, 9.17) is 28.4 Å². The minimum Gasteiger partial charge on any atom is -0.481 e. The van der Waals surface area contributed by atoms with Crippen LogP contribution in [0, 0.1) is 50.8 Å². The van der Waals surface area contributed by atoms with E-state index in [2.05, 4.69) is 90.4 Å². The number of ether oxygens (including phenoxy) is 6. The van der Waals surface area contributed by atoms with Gasteiger partial charge in [0, 0.05) is 71.1 Å². The van der Waals surface area contributed by atoms with Crippen molar-refractivity contribution in [1.29, 1.82) is 0 Å². The van der Waals surface area contributed by atoms with Crippen molar-refractivity contribution in [3.63, 3.8) is 0 Å². The molecule has 8 heterocycles. The summed E-state index contributed by atoms with van der Waals surface area (Å²) in [5.41, 5.74) is 2.74. The van der Waals surface area contributed by atoms with Gasteiger partial charge in [0.15, 0.2) is 18.8 Å². The Kier molecular flexibility index (Phi) is 23.3. The summed E-state index contributed by atoms with van der Waals surface area (Å²) in [5, 5.41) is 25.3. The molecule has 84 heavy (non-hydrogen) atoms. The lowest BCUT2D eigenvalue weighted by Gasteiger charge is -2.29.